The van der Waals surface area contributed by atoms with E-state index in [0.29, 0.717) is 16.9 Å². The Morgan fingerprint density at radius 3 is 2.12 bits per heavy atom. The van der Waals surface area contributed by atoms with Crippen LogP contribution in [0.4, 0.5) is 5.69 Å². The third-order valence-electron chi connectivity index (χ3n) is 4.75. The molecule has 0 unspecified atom stereocenters. The third-order valence-corrected chi connectivity index (χ3v) is 7.31. The van der Waals surface area contributed by atoms with Crippen LogP contribution in [0.3, 0.4) is 0 Å². The van der Waals surface area contributed by atoms with Gasteiger partial charge in [-0.05, 0) is 19.4 Å². The summed E-state index contributed by atoms with van der Waals surface area (Å²) in [4.78, 5) is 12.4. The molecule has 0 amide bonds. The largest absolute Gasteiger partial charge is 0.493 e. The fourth-order valence-electron chi connectivity index (χ4n) is 3.23. The highest BCUT2D eigenvalue weighted by molar-refractivity contribution is 7.93. The van der Waals surface area contributed by atoms with Crippen molar-refractivity contribution in [2.75, 3.05) is 32.7 Å². The minimum Gasteiger partial charge on any atom is -0.493 e. The zero-order valence-corrected chi connectivity index (χ0v) is 20.6. The Labute approximate surface area is 197 Å². The number of benzene rings is 2. The molecule has 176 valence electrons. The summed E-state index contributed by atoms with van der Waals surface area (Å²) in [5, 5.41) is 1.64. The lowest BCUT2D eigenvalue weighted by Crippen LogP contribution is -2.17. The van der Waals surface area contributed by atoms with Gasteiger partial charge >= 0.3 is 5.97 Å². The fourth-order valence-corrected chi connectivity index (χ4v) is 5.96. The number of anilines is 1. The van der Waals surface area contributed by atoms with E-state index in [1.807, 2.05) is 31.2 Å². The molecule has 0 aliphatic carbocycles. The van der Waals surface area contributed by atoms with Crippen molar-refractivity contribution in [3.05, 3.63) is 52.2 Å². The molecule has 10 heteroatoms. The number of nitrogens with one attached hydrogen (secondary N) is 1. The molecule has 1 heterocycles. The standard InChI is InChI=1S/C23H25NO7S2/c1-6-31-23(25)21-22(17(13-32-21)15-9-7-14(2)8-10-15)33(26,27)24-16-11-18(28-3)20(30-5)19(12-16)29-4/h7-13,24H,6H2,1-5H3. The monoisotopic (exact) mass is 491 g/mol. The van der Waals surface area contributed by atoms with Gasteiger partial charge in [-0.1, -0.05) is 29.8 Å². The van der Waals surface area contributed by atoms with E-state index < -0.39 is 16.0 Å². The minimum atomic E-state index is -4.21. The summed E-state index contributed by atoms with van der Waals surface area (Å²) in [5.74, 6) is 0.186. The van der Waals surface area contributed by atoms with Crippen LogP contribution in [0.25, 0.3) is 11.1 Å². The van der Waals surface area contributed by atoms with Crippen LogP contribution < -0.4 is 18.9 Å². The van der Waals surface area contributed by atoms with Gasteiger partial charge in [0.25, 0.3) is 10.0 Å². The molecule has 0 aliphatic rings. The zero-order chi connectivity index (χ0) is 24.2. The Hall–Kier alpha value is -3.24. The van der Waals surface area contributed by atoms with Gasteiger partial charge in [0.1, 0.15) is 9.77 Å². The first-order chi connectivity index (χ1) is 15.7. The number of sulfonamides is 1. The van der Waals surface area contributed by atoms with Crippen molar-refractivity contribution >= 4 is 33.0 Å². The number of hydrogen-bond donors (Lipinski definition) is 1. The molecule has 1 N–H and O–H groups in total. The highest BCUT2D eigenvalue weighted by Gasteiger charge is 2.30. The van der Waals surface area contributed by atoms with E-state index in [2.05, 4.69) is 4.72 Å². The van der Waals surface area contributed by atoms with E-state index in [4.69, 9.17) is 18.9 Å². The molecule has 0 atom stereocenters. The molecule has 3 rings (SSSR count). The van der Waals surface area contributed by atoms with Crippen LogP contribution in [0, 0.1) is 6.92 Å². The SMILES string of the molecule is CCOC(=O)c1scc(-c2ccc(C)cc2)c1S(=O)(=O)Nc1cc(OC)c(OC)c(OC)c1. The summed E-state index contributed by atoms with van der Waals surface area (Å²) in [6, 6.07) is 10.3. The Balaban J connectivity index is 2.15. The Bertz CT molecular complexity index is 1220. The smallest absolute Gasteiger partial charge is 0.349 e. The van der Waals surface area contributed by atoms with Gasteiger partial charge < -0.3 is 18.9 Å². The summed E-state index contributed by atoms with van der Waals surface area (Å²) in [6.07, 6.45) is 0. The van der Waals surface area contributed by atoms with Crippen LogP contribution in [0.15, 0.2) is 46.7 Å². The third kappa shape index (κ3) is 5.07. The van der Waals surface area contributed by atoms with Gasteiger partial charge in [-0.15, -0.1) is 11.3 Å². The fraction of sp³-hybridized carbons (Fsp3) is 0.261. The molecule has 33 heavy (non-hydrogen) atoms. The number of hydrogen-bond acceptors (Lipinski definition) is 8. The number of carbonyl (C=O) groups excluding carboxylic acids is 1. The molecule has 0 saturated heterocycles. The van der Waals surface area contributed by atoms with E-state index in [-0.39, 0.29) is 33.6 Å². The molecule has 0 aliphatic heterocycles. The number of aryl methyl sites for hydroxylation is 1. The van der Waals surface area contributed by atoms with Crippen LogP contribution in [0.1, 0.15) is 22.2 Å². The summed E-state index contributed by atoms with van der Waals surface area (Å²) >= 11 is 1.02. The van der Waals surface area contributed by atoms with Crippen molar-refractivity contribution in [1.82, 2.24) is 0 Å². The number of carbonyl (C=O) groups is 1. The van der Waals surface area contributed by atoms with Crippen molar-refractivity contribution in [3.63, 3.8) is 0 Å². The molecule has 8 nitrogen and oxygen atoms in total. The highest BCUT2D eigenvalue weighted by Crippen LogP contribution is 2.42. The molecule has 0 saturated carbocycles. The quantitative estimate of drug-likeness (QED) is 0.432. The minimum absolute atomic E-state index is 0.00707. The van der Waals surface area contributed by atoms with E-state index in [0.717, 1.165) is 16.9 Å². The molecule has 0 spiro atoms. The normalized spacial score (nSPS) is 11.1. The van der Waals surface area contributed by atoms with Gasteiger partial charge in [0.2, 0.25) is 5.75 Å². The van der Waals surface area contributed by atoms with Crippen molar-refractivity contribution in [2.45, 2.75) is 18.7 Å². The van der Waals surface area contributed by atoms with Gasteiger partial charge in [0, 0.05) is 23.1 Å². The van der Waals surface area contributed by atoms with Crippen molar-refractivity contribution in [3.8, 4) is 28.4 Å². The molecule has 1 aromatic heterocycles. The summed E-state index contributed by atoms with van der Waals surface area (Å²) in [7, 11) is 0.105. The van der Waals surface area contributed by atoms with Gasteiger partial charge in [-0.25, -0.2) is 13.2 Å². The second-order valence-electron chi connectivity index (χ2n) is 6.91. The topological polar surface area (TPSA) is 100 Å². The summed E-state index contributed by atoms with van der Waals surface area (Å²) < 4.78 is 50.7. The molecule has 0 fully saturated rings. The van der Waals surface area contributed by atoms with Crippen LogP contribution >= 0.6 is 11.3 Å². The van der Waals surface area contributed by atoms with E-state index in [1.165, 1.54) is 33.5 Å². The van der Waals surface area contributed by atoms with E-state index in [9.17, 15) is 13.2 Å². The summed E-state index contributed by atoms with van der Waals surface area (Å²) in [5.41, 5.74) is 2.28. The van der Waals surface area contributed by atoms with Crippen molar-refractivity contribution in [2.24, 2.45) is 0 Å². The predicted molar refractivity (Wildman–Crippen MR) is 127 cm³/mol. The van der Waals surface area contributed by atoms with Gasteiger partial charge in [-0.2, -0.15) is 0 Å². The maximum atomic E-state index is 13.6. The Morgan fingerprint density at radius 2 is 1.61 bits per heavy atom. The molecular weight excluding hydrogens is 466 g/mol. The maximum Gasteiger partial charge on any atom is 0.349 e. The van der Waals surface area contributed by atoms with E-state index in [1.54, 1.807) is 12.3 Å². The first-order valence-corrected chi connectivity index (χ1v) is 12.3. The van der Waals surface area contributed by atoms with Gasteiger partial charge in [-0.3, -0.25) is 4.72 Å². The van der Waals surface area contributed by atoms with Gasteiger partial charge in [0.05, 0.1) is 33.6 Å². The average molecular weight is 492 g/mol. The van der Waals surface area contributed by atoms with Crippen molar-refractivity contribution < 1.29 is 32.2 Å². The second kappa shape index (κ2) is 10.1. The lowest BCUT2D eigenvalue weighted by Gasteiger charge is -2.16. The van der Waals surface area contributed by atoms with Crippen LogP contribution in [-0.4, -0.2) is 42.3 Å². The maximum absolute atomic E-state index is 13.6. The molecule has 0 radical (unpaired) electrons. The number of ether oxygens (including phenoxy) is 4. The van der Waals surface area contributed by atoms with Crippen LogP contribution in [0.5, 0.6) is 17.2 Å². The lowest BCUT2D eigenvalue weighted by molar-refractivity contribution is 0.0528. The van der Waals surface area contributed by atoms with Crippen molar-refractivity contribution in [1.29, 1.82) is 0 Å². The first kappa shape index (κ1) is 24.4. The molecule has 0 bridgehead atoms. The molecule has 3 aromatic rings. The average Bonchev–Trinajstić information content (AvgIpc) is 3.25. The summed E-state index contributed by atoms with van der Waals surface area (Å²) in [6.45, 7) is 3.72. The number of thiophene rings is 1. The van der Waals surface area contributed by atoms with E-state index >= 15 is 0 Å². The number of rotatable bonds is 9. The molecular formula is C23H25NO7S2. The number of methoxy groups -OCH3 is 3. The lowest BCUT2D eigenvalue weighted by atomic mass is 10.1. The zero-order valence-electron chi connectivity index (χ0n) is 18.9. The second-order valence-corrected chi connectivity index (χ2v) is 9.41. The Kier molecular flexibility index (Phi) is 7.50. The Morgan fingerprint density at radius 1 is 1.00 bits per heavy atom. The first-order valence-electron chi connectivity index (χ1n) is 9.94. The van der Waals surface area contributed by atoms with Gasteiger partial charge in [0.15, 0.2) is 11.5 Å². The highest BCUT2D eigenvalue weighted by atomic mass is 32.2. The van der Waals surface area contributed by atoms with Crippen LogP contribution in [0.2, 0.25) is 0 Å². The van der Waals surface area contributed by atoms with Crippen LogP contribution in [-0.2, 0) is 14.8 Å². The number of esters is 1. The molecule has 2 aromatic carbocycles. The predicted octanol–water partition coefficient (Wildman–Crippen LogP) is 4.73.